The van der Waals surface area contributed by atoms with Crippen LogP contribution in [0.1, 0.15) is 16.5 Å². The molecule has 1 atom stereocenters. The minimum atomic E-state index is -0.0622. The standard InChI is InChI=1S/C10H9BrClNOS/c11-10-7(3-4-14-10)8(13)5-6-1-2-9(12)15-6/h1-4,8H,5,13H2. The summed E-state index contributed by atoms with van der Waals surface area (Å²) in [7, 11) is 0. The third-order valence-electron chi connectivity index (χ3n) is 2.10. The average Bonchev–Trinajstić information content (AvgIpc) is 2.75. The molecule has 0 aliphatic rings. The summed E-state index contributed by atoms with van der Waals surface area (Å²) in [5.74, 6) is 0. The van der Waals surface area contributed by atoms with E-state index < -0.39 is 0 Å². The number of nitrogens with two attached hydrogens (primary N) is 1. The minimum Gasteiger partial charge on any atom is -0.457 e. The van der Waals surface area contributed by atoms with Gasteiger partial charge in [-0.2, -0.15) is 0 Å². The lowest BCUT2D eigenvalue weighted by atomic mass is 10.1. The monoisotopic (exact) mass is 305 g/mol. The largest absolute Gasteiger partial charge is 0.457 e. The summed E-state index contributed by atoms with van der Waals surface area (Å²) in [6, 6.07) is 5.71. The van der Waals surface area contributed by atoms with Gasteiger partial charge in [0.1, 0.15) is 0 Å². The van der Waals surface area contributed by atoms with Gasteiger partial charge < -0.3 is 10.2 Å². The molecular formula is C10H9BrClNOS. The molecule has 0 aromatic carbocycles. The molecule has 0 spiro atoms. The predicted octanol–water partition coefficient (Wildman–Crippen LogP) is 4.00. The molecule has 1 unspecified atom stereocenters. The maximum atomic E-state index is 6.06. The fourth-order valence-corrected chi connectivity index (χ4v) is 3.04. The normalized spacial score (nSPS) is 13.0. The predicted molar refractivity (Wildman–Crippen MR) is 66.4 cm³/mol. The summed E-state index contributed by atoms with van der Waals surface area (Å²) in [5.41, 5.74) is 7.04. The van der Waals surface area contributed by atoms with Crippen LogP contribution >= 0.6 is 38.9 Å². The third-order valence-corrected chi connectivity index (χ3v) is 3.99. The van der Waals surface area contributed by atoms with E-state index in [0.717, 1.165) is 16.3 Å². The second-order valence-electron chi connectivity index (χ2n) is 3.17. The van der Waals surface area contributed by atoms with E-state index in [1.165, 1.54) is 4.88 Å². The van der Waals surface area contributed by atoms with Crippen molar-refractivity contribution in [1.29, 1.82) is 0 Å². The van der Waals surface area contributed by atoms with Crippen molar-refractivity contribution in [1.82, 2.24) is 0 Å². The van der Waals surface area contributed by atoms with Gasteiger partial charge in [-0.15, -0.1) is 11.3 Å². The van der Waals surface area contributed by atoms with Crippen LogP contribution in [0, 0.1) is 0 Å². The van der Waals surface area contributed by atoms with Crippen molar-refractivity contribution in [2.75, 3.05) is 0 Å². The van der Waals surface area contributed by atoms with Crippen molar-refractivity contribution in [3.63, 3.8) is 0 Å². The highest BCUT2D eigenvalue weighted by Gasteiger charge is 2.13. The molecule has 0 fully saturated rings. The second-order valence-corrected chi connectivity index (χ2v) is 5.69. The first-order chi connectivity index (χ1) is 7.16. The van der Waals surface area contributed by atoms with Gasteiger partial charge in [0.2, 0.25) is 0 Å². The van der Waals surface area contributed by atoms with E-state index in [-0.39, 0.29) is 6.04 Å². The lowest BCUT2D eigenvalue weighted by Gasteiger charge is -2.07. The zero-order valence-corrected chi connectivity index (χ0v) is 10.9. The molecule has 0 radical (unpaired) electrons. The lowest BCUT2D eigenvalue weighted by Crippen LogP contribution is -2.12. The molecule has 2 aromatic heterocycles. The average molecular weight is 307 g/mol. The van der Waals surface area contributed by atoms with Crippen LogP contribution in [0.4, 0.5) is 0 Å². The van der Waals surface area contributed by atoms with Crippen LogP contribution in [0.2, 0.25) is 4.34 Å². The molecule has 2 heterocycles. The first-order valence-corrected chi connectivity index (χ1v) is 6.38. The second kappa shape index (κ2) is 4.70. The zero-order chi connectivity index (χ0) is 10.8. The van der Waals surface area contributed by atoms with Crippen molar-refractivity contribution in [3.8, 4) is 0 Å². The molecule has 0 bridgehead atoms. The molecule has 0 saturated heterocycles. The number of rotatable bonds is 3. The molecule has 2 nitrogen and oxygen atoms in total. The van der Waals surface area contributed by atoms with Crippen molar-refractivity contribution in [3.05, 3.63) is 43.9 Å². The Bertz CT molecular complexity index is 454. The van der Waals surface area contributed by atoms with Gasteiger partial charge in [-0.25, -0.2) is 0 Å². The Labute approximate surface area is 105 Å². The van der Waals surface area contributed by atoms with Gasteiger partial charge >= 0.3 is 0 Å². The van der Waals surface area contributed by atoms with Crippen LogP contribution in [0.3, 0.4) is 0 Å². The van der Waals surface area contributed by atoms with Crippen LogP contribution in [0.5, 0.6) is 0 Å². The quantitative estimate of drug-likeness (QED) is 0.931. The van der Waals surface area contributed by atoms with Crippen molar-refractivity contribution < 1.29 is 4.42 Å². The van der Waals surface area contributed by atoms with E-state index in [2.05, 4.69) is 15.9 Å². The van der Waals surface area contributed by atoms with Gasteiger partial charge in [-0.1, -0.05) is 11.6 Å². The number of halogens is 2. The number of furan rings is 1. The van der Waals surface area contributed by atoms with Crippen LogP contribution in [0.25, 0.3) is 0 Å². The topological polar surface area (TPSA) is 39.2 Å². The SMILES string of the molecule is NC(Cc1ccc(Cl)s1)c1ccoc1Br. The van der Waals surface area contributed by atoms with Crippen LogP contribution in [-0.4, -0.2) is 0 Å². The van der Waals surface area contributed by atoms with E-state index in [1.54, 1.807) is 17.6 Å². The zero-order valence-electron chi connectivity index (χ0n) is 7.74. The van der Waals surface area contributed by atoms with Gasteiger partial charge in [0.15, 0.2) is 4.67 Å². The van der Waals surface area contributed by atoms with Gasteiger partial charge in [0, 0.05) is 22.9 Å². The molecular weight excluding hydrogens is 298 g/mol. The summed E-state index contributed by atoms with van der Waals surface area (Å²) >= 11 is 10.7. The first kappa shape index (κ1) is 11.2. The lowest BCUT2D eigenvalue weighted by molar-refractivity contribution is 0.531. The molecule has 2 N–H and O–H groups in total. The Morgan fingerprint density at radius 1 is 1.47 bits per heavy atom. The van der Waals surface area contributed by atoms with Crippen LogP contribution in [0.15, 0.2) is 33.5 Å². The molecule has 0 aliphatic heterocycles. The van der Waals surface area contributed by atoms with Gasteiger partial charge in [0.25, 0.3) is 0 Å². The summed E-state index contributed by atoms with van der Waals surface area (Å²) in [6.45, 7) is 0. The Morgan fingerprint density at radius 2 is 2.27 bits per heavy atom. The van der Waals surface area contributed by atoms with Crippen LogP contribution < -0.4 is 5.73 Å². The van der Waals surface area contributed by atoms with Crippen molar-refractivity contribution >= 4 is 38.9 Å². The summed E-state index contributed by atoms with van der Waals surface area (Å²) < 4.78 is 6.64. The molecule has 2 aromatic rings. The van der Waals surface area contributed by atoms with E-state index in [4.69, 9.17) is 21.8 Å². The molecule has 0 aliphatic carbocycles. The van der Waals surface area contributed by atoms with E-state index in [1.807, 2.05) is 18.2 Å². The number of thiophene rings is 1. The Morgan fingerprint density at radius 3 is 2.80 bits per heavy atom. The number of hydrogen-bond acceptors (Lipinski definition) is 3. The van der Waals surface area contributed by atoms with Gasteiger partial charge in [-0.05, 0) is 34.1 Å². The molecule has 2 rings (SSSR count). The summed E-state index contributed by atoms with van der Waals surface area (Å²) in [6.07, 6.45) is 2.40. The third kappa shape index (κ3) is 2.64. The summed E-state index contributed by atoms with van der Waals surface area (Å²) in [4.78, 5) is 1.18. The maximum absolute atomic E-state index is 6.06. The molecule has 0 saturated carbocycles. The Hall–Kier alpha value is -0.290. The highest BCUT2D eigenvalue weighted by molar-refractivity contribution is 9.10. The van der Waals surface area contributed by atoms with Crippen molar-refractivity contribution in [2.24, 2.45) is 5.73 Å². The summed E-state index contributed by atoms with van der Waals surface area (Å²) in [5, 5.41) is 0. The van der Waals surface area contributed by atoms with E-state index in [9.17, 15) is 0 Å². The van der Waals surface area contributed by atoms with E-state index >= 15 is 0 Å². The molecule has 80 valence electrons. The number of hydrogen-bond donors (Lipinski definition) is 1. The van der Waals surface area contributed by atoms with Gasteiger partial charge in [0.05, 0.1) is 10.6 Å². The molecule has 5 heteroatoms. The molecule has 15 heavy (non-hydrogen) atoms. The Balaban J connectivity index is 2.10. The highest BCUT2D eigenvalue weighted by atomic mass is 79.9. The Kier molecular flexibility index (Phi) is 3.51. The smallest absolute Gasteiger partial charge is 0.173 e. The first-order valence-electron chi connectivity index (χ1n) is 4.39. The minimum absolute atomic E-state index is 0.0622. The van der Waals surface area contributed by atoms with Gasteiger partial charge in [-0.3, -0.25) is 0 Å². The molecule has 0 amide bonds. The fraction of sp³-hybridized carbons (Fsp3) is 0.200. The maximum Gasteiger partial charge on any atom is 0.173 e. The fourth-order valence-electron chi connectivity index (χ4n) is 1.36. The van der Waals surface area contributed by atoms with Crippen molar-refractivity contribution in [2.45, 2.75) is 12.5 Å². The van der Waals surface area contributed by atoms with E-state index in [0.29, 0.717) is 4.67 Å². The highest BCUT2D eigenvalue weighted by Crippen LogP contribution is 2.29. The van der Waals surface area contributed by atoms with Crippen LogP contribution in [-0.2, 0) is 6.42 Å².